The first-order valence-electron chi connectivity index (χ1n) is 6.34. The van der Waals surface area contributed by atoms with Crippen LogP contribution < -0.4 is 5.32 Å². The van der Waals surface area contributed by atoms with Crippen molar-refractivity contribution in [3.05, 3.63) is 70.0 Å². The van der Waals surface area contributed by atoms with Crippen LogP contribution in [0.1, 0.15) is 12.0 Å². The molecule has 108 valence electrons. The van der Waals surface area contributed by atoms with E-state index >= 15 is 0 Å². The molecule has 0 radical (unpaired) electrons. The number of nitro groups is 1. The average molecular weight is 288 g/mol. The Labute approximate surface area is 120 Å². The first kappa shape index (κ1) is 14.6. The fraction of sp³-hybridized carbons (Fsp3) is 0.133. The fourth-order valence-corrected chi connectivity index (χ4v) is 1.84. The Kier molecular flexibility index (Phi) is 4.61. The van der Waals surface area contributed by atoms with Gasteiger partial charge in [0.15, 0.2) is 0 Å². The van der Waals surface area contributed by atoms with E-state index in [4.69, 9.17) is 0 Å². The zero-order valence-corrected chi connectivity index (χ0v) is 11.1. The van der Waals surface area contributed by atoms with E-state index in [1.807, 2.05) is 0 Å². The second-order valence-electron chi connectivity index (χ2n) is 4.44. The van der Waals surface area contributed by atoms with Crippen molar-refractivity contribution in [1.82, 2.24) is 0 Å². The van der Waals surface area contributed by atoms with E-state index in [0.29, 0.717) is 17.7 Å². The highest BCUT2D eigenvalue weighted by Gasteiger charge is 2.08. The molecule has 0 spiro atoms. The van der Waals surface area contributed by atoms with Gasteiger partial charge in [0, 0.05) is 24.2 Å². The molecule has 0 atom stereocenters. The molecule has 2 aromatic carbocycles. The summed E-state index contributed by atoms with van der Waals surface area (Å²) in [6.07, 6.45) is 0.434. The zero-order chi connectivity index (χ0) is 15.2. The van der Waals surface area contributed by atoms with Crippen molar-refractivity contribution >= 4 is 17.3 Å². The van der Waals surface area contributed by atoms with Crippen molar-refractivity contribution in [1.29, 1.82) is 0 Å². The maximum atomic E-state index is 13.4. The molecule has 0 saturated heterocycles. The lowest BCUT2D eigenvalue weighted by Crippen LogP contribution is -2.12. The Hall–Kier alpha value is -2.76. The number of nitrogens with zero attached hydrogens (tertiary/aromatic N) is 1. The molecule has 0 aliphatic heterocycles. The lowest BCUT2D eigenvalue weighted by atomic mass is 10.1. The fourth-order valence-electron chi connectivity index (χ4n) is 1.84. The second kappa shape index (κ2) is 6.60. The van der Waals surface area contributed by atoms with E-state index in [-0.39, 0.29) is 23.8 Å². The number of hydrogen-bond donors (Lipinski definition) is 1. The number of anilines is 1. The number of carbonyl (C=O) groups excluding carboxylic acids is 1. The molecule has 1 N–H and O–H groups in total. The minimum Gasteiger partial charge on any atom is -0.326 e. The highest BCUT2D eigenvalue weighted by Crippen LogP contribution is 2.16. The number of carbonyl (C=O) groups is 1. The first-order chi connectivity index (χ1) is 10.1. The molecule has 0 aliphatic rings. The van der Waals surface area contributed by atoms with Crippen LogP contribution >= 0.6 is 0 Å². The third kappa shape index (κ3) is 4.10. The SMILES string of the molecule is O=C(CCc1ccccc1F)Nc1ccc([N+](=O)[O-])cc1. The number of nitro benzene ring substituents is 1. The van der Waals surface area contributed by atoms with Crippen LogP contribution in [0, 0.1) is 15.9 Å². The molecule has 0 aliphatic carbocycles. The van der Waals surface area contributed by atoms with Gasteiger partial charge in [-0.2, -0.15) is 0 Å². The van der Waals surface area contributed by atoms with E-state index in [1.54, 1.807) is 18.2 Å². The van der Waals surface area contributed by atoms with Crippen LogP contribution in [0.5, 0.6) is 0 Å². The van der Waals surface area contributed by atoms with Gasteiger partial charge in [0.2, 0.25) is 5.91 Å². The Morgan fingerprint density at radius 2 is 1.81 bits per heavy atom. The summed E-state index contributed by atoms with van der Waals surface area (Å²) in [6, 6.07) is 11.8. The number of hydrogen-bond acceptors (Lipinski definition) is 3. The number of halogens is 1. The van der Waals surface area contributed by atoms with Gasteiger partial charge >= 0.3 is 0 Å². The van der Waals surface area contributed by atoms with Gasteiger partial charge in [-0.05, 0) is 30.2 Å². The van der Waals surface area contributed by atoms with E-state index in [0.717, 1.165) is 0 Å². The molecule has 0 aromatic heterocycles. The minimum atomic E-state index is -0.510. The zero-order valence-electron chi connectivity index (χ0n) is 11.1. The predicted octanol–water partition coefficient (Wildman–Crippen LogP) is 3.31. The van der Waals surface area contributed by atoms with Crippen molar-refractivity contribution in [2.45, 2.75) is 12.8 Å². The molecule has 0 bridgehead atoms. The standard InChI is InChI=1S/C15H13FN2O3/c16-14-4-2-1-3-11(14)5-10-15(19)17-12-6-8-13(9-7-12)18(20)21/h1-4,6-9H,5,10H2,(H,17,19). The molecule has 1 amide bonds. The molecule has 5 nitrogen and oxygen atoms in total. The van der Waals surface area contributed by atoms with Crippen LogP contribution in [0.25, 0.3) is 0 Å². The number of non-ortho nitro benzene ring substituents is 1. The monoisotopic (exact) mass is 288 g/mol. The lowest BCUT2D eigenvalue weighted by Gasteiger charge is -2.05. The predicted molar refractivity (Wildman–Crippen MR) is 76.4 cm³/mol. The number of benzene rings is 2. The van der Waals surface area contributed by atoms with E-state index < -0.39 is 4.92 Å². The molecule has 2 aromatic rings. The number of aryl methyl sites for hydroxylation is 1. The summed E-state index contributed by atoms with van der Waals surface area (Å²) in [7, 11) is 0. The Morgan fingerprint density at radius 3 is 2.43 bits per heavy atom. The maximum absolute atomic E-state index is 13.4. The van der Waals surface area contributed by atoms with Gasteiger partial charge in [0.05, 0.1) is 4.92 Å². The molecule has 0 fully saturated rings. The third-order valence-corrected chi connectivity index (χ3v) is 2.94. The quantitative estimate of drug-likeness (QED) is 0.677. The largest absolute Gasteiger partial charge is 0.326 e. The van der Waals surface area contributed by atoms with Crippen LogP contribution in [0.4, 0.5) is 15.8 Å². The van der Waals surface area contributed by atoms with E-state index in [9.17, 15) is 19.3 Å². The highest BCUT2D eigenvalue weighted by atomic mass is 19.1. The van der Waals surface area contributed by atoms with Gasteiger partial charge in [-0.25, -0.2) is 4.39 Å². The molecule has 0 unspecified atom stereocenters. The average Bonchev–Trinajstić information content (AvgIpc) is 2.47. The van der Waals surface area contributed by atoms with Gasteiger partial charge in [-0.15, -0.1) is 0 Å². The Morgan fingerprint density at radius 1 is 1.14 bits per heavy atom. The van der Waals surface area contributed by atoms with Crippen molar-refractivity contribution in [2.75, 3.05) is 5.32 Å². The molecular formula is C15H13FN2O3. The number of amides is 1. The maximum Gasteiger partial charge on any atom is 0.269 e. The summed E-state index contributed by atoms with van der Waals surface area (Å²) in [5.41, 5.74) is 0.912. The summed E-state index contributed by atoms with van der Waals surface area (Å²) in [5.74, 6) is -0.604. The topological polar surface area (TPSA) is 72.2 Å². The second-order valence-corrected chi connectivity index (χ2v) is 4.44. The van der Waals surface area contributed by atoms with Crippen molar-refractivity contribution in [2.24, 2.45) is 0 Å². The van der Waals surface area contributed by atoms with Crippen LogP contribution in [-0.2, 0) is 11.2 Å². The van der Waals surface area contributed by atoms with Gasteiger partial charge in [-0.3, -0.25) is 14.9 Å². The van der Waals surface area contributed by atoms with Crippen LogP contribution in [0.15, 0.2) is 48.5 Å². The minimum absolute atomic E-state index is 0.0423. The van der Waals surface area contributed by atoms with Gasteiger partial charge < -0.3 is 5.32 Å². The molecule has 0 saturated carbocycles. The number of nitrogens with one attached hydrogen (secondary N) is 1. The van der Waals surface area contributed by atoms with Gasteiger partial charge in [0.25, 0.3) is 5.69 Å². The van der Waals surface area contributed by atoms with Gasteiger partial charge in [0.1, 0.15) is 5.82 Å². The molecule has 2 rings (SSSR count). The third-order valence-electron chi connectivity index (χ3n) is 2.94. The van der Waals surface area contributed by atoms with Crippen LogP contribution in [0.3, 0.4) is 0 Å². The highest BCUT2D eigenvalue weighted by molar-refractivity contribution is 5.90. The summed E-state index contributed by atoms with van der Waals surface area (Å²) in [4.78, 5) is 21.7. The van der Waals surface area contributed by atoms with Crippen molar-refractivity contribution in [3.8, 4) is 0 Å². The smallest absolute Gasteiger partial charge is 0.269 e. The van der Waals surface area contributed by atoms with Gasteiger partial charge in [-0.1, -0.05) is 18.2 Å². The first-order valence-corrected chi connectivity index (χ1v) is 6.34. The van der Waals surface area contributed by atoms with Crippen LogP contribution in [0.2, 0.25) is 0 Å². The Balaban J connectivity index is 1.90. The molecule has 21 heavy (non-hydrogen) atoms. The summed E-state index contributed by atoms with van der Waals surface area (Å²) >= 11 is 0. The summed E-state index contributed by atoms with van der Waals surface area (Å²) in [6.45, 7) is 0. The van der Waals surface area contributed by atoms with Crippen LogP contribution in [-0.4, -0.2) is 10.8 Å². The lowest BCUT2D eigenvalue weighted by molar-refractivity contribution is -0.384. The molecular weight excluding hydrogens is 275 g/mol. The van der Waals surface area contributed by atoms with Crippen molar-refractivity contribution in [3.63, 3.8) is 0 Å². The van der Waals surface area contributed by atoms with E-state index in [2.05, 4.69) is 5.32 Å². The number of rotatable bonds is 5. The van der Waals surface area contributed by atoms with E-state index in [1.165, 1.54) is 30.3 Å². The normalized spacial score (nSPS) is 10.1. The Bertz CT molecular complexity index is 656. The molecule has 6 heteroatoms. The summed E-state index contributed by atoms with van der Waals surface area (Å²) in [5, 5.41) is 13.1. The molecule has 0 heterocycles. The van der Waals surface area contributed by atoms with Crippen molar-refractivity contribution < 1.29 is 14.1 Å². The summed E-state index contributed by atoms with van der Waals surface area (Å²) < 4.78 is 13.4.